The Labute approximate surface area is 176 Å². The third kappa shape index (κ3) is 5.17. The number of imide groups is 1. The molecule has 2 atom stereocenters. The molecule has 2 N–H and O–H groups in total. The van der Waals surface area contributed by atoms with Crippen LogP contribution in [0.2, 0.25) is 0 Å². The molecular formula is C23H27N3O4. The second kappa shape index (κ2) is 9.91. The van der Waals surface area contributed by atoms with Crippen molar-refractivity contribution in [3.8, 4) is 5.75 Å². The summed E-state index contributed by atoms with van der Waals surface area (Å²) in [6.07, 6.45) is 1.15. The Morgan fingerprint density at radius 2 is 1.83 bits per heavy atom. The van der Waals surface area contributed by atoms with Gasteiger partial charge in [0.25, 0.3) is 5.91 Å². The van der Waals surface area contributed by atoms with E-state index in [1.165, 1.54) is 4.90 Å². The van der Waals surface area contributed by atoms with Gasteiger partial charge >= 0.3 is 6.03 Å². The molecule has 30 heavy (non-hydrogen) atoms. The molecule has 1 heterocycles. The molecule has 0 radical (unpaired) electrons. The number of rotatable bonds is 9. The van der Waals surface area contributed by atoms with Gasteiger partial charge in [-0.2, -0.15) is 0 Å². The highest BCUT2D eigenvalue weighted by atomic mass is 16.5. The van der Waals surface area contributed by atoms with Crippen molar-refractivity contribution in [3.63, 3.8) is 0 Å². The quantitative estimate of drug-likeness (QED) is 0.624. The zero-order valence-electron chi connectivity index (χ0n) is 17.3. The van der Waals surface area contributed by atoms with Crippen molar-refractivity contribution >= 4 is 17.8 Å². The van der Waals surface area contributed by atoms with Gasteiger partial charge < -0.3 is 15.4 Å². The SMILES string of the molecule is COc1ccc(CCNC(=O)CCC2NC(=O)N(C(C)c3ccccc3)C2=O)cc1. The van der Waals surface area contributed by atoms with Crippen molar-refractivity contribution in [2.75, 3.05) is 13.7 Å². The van der Waals surface area contributed by atoms with E-state index in [-0.39, 0.29) is 30.7 Å². The van der Waals surface area contributed by atoms with Gasteiger partial charge in [-0.05, 0) is 43.0 Å². The zero-order chi connectivity index (χ0) is 21.5. The lowest BCUT2D eigenvalue weighted by Crippen LogP contribution is -2.34. The van der Waals surface area contributed by atoms with Crippen molar-refractivity contribution in [2.45, 2.75) is 38.3 Å². The largest absolute Gasteiger partial charge is 0.497 e. The standard InChI is InChI=1S/C23H27N3O4/c1-16(18-6-4-3-5-7-18)26-22(28)20(25-23(26)29)12-13-21(27)24-15-14-17-8-10-19(30-2)11-9-17/h3-11,16,20H,12-15H2,1-2H3,(H,24,27)(H,25,29). The van der Waals surface area contributed by atoms with Crippen LogP contribution < -0.4 is 15.4 Å². The number of benzene rings is 2. The van der Waals surface area contributed by atoms with Gasteiger partial charge in [0.05, 0.1) is 13.2 Å². The molecule has 0 spiro atoms. The molecule has 2 aromatic rings. The highest BCUT2D eigenvalue weighted by molar-refractivity contribution is 6.04. The number of methoxy groups -OCH3 is 1. The molecule has 158 valence electrons. The summed E-state index contributed by atoms with van der Waals surface area (Å²) in [5, 5.41) is 5.56. The molecule has 0 aliphatic carbocycles. The van der Waals surface area contributed by atoms with E-state index < -0.39 is 12.1 Å². The summed E-state index contributed by atoms with van der Waals surface area (Å²) in [5.74, 6) is 0.365. The molecule has 7 heteroatoms. The lowest BCUT2D eigenvalue weighted by atomic mass is 10.1. The van der Waals surface area contributed by atoms with Crippen molar-refractivity contribution in [2.24, 2.45) is 0 Å². The van der Waals surface area contributed by atoms with Crippen molar-refractivity contribution in [1.82, 2.24) is 15.5 Å². The van der Waals surface area contributed by atoms with Gasteiger partial charge in [0, 0.05) is 13.0 Å². The fourth-order valence-corrected chi connectivity index (χ4v) is 3.49. The van der Waals surface area contributed by atoms with Crippen LogP contribution in [-0.4, -0.2) is 42.4 Å². The van der Waals surface area contributed by atoms with Crippen LogP contribution in [-0.2, 0) is 16.0 Å². The molecule has 0 aromatic heterocycles. The third-order valence-corrected chi connectivity index (χ3v) is 5.28. The maximum atomic E-state index is 12.7. The van der Waals surface area contributed by atoms with E-state index in [0.717, 1.165) is 16.9 Å². The Hall–Kier alpha value is -3.35. The number of carbonyl (C=O) groups is 3. The fraction of sp³-hybridized carbons (Fsp3) is 0.348. The number of urea groups is 1. The van der Waals surface area contributed by atoms with E-state index >= 15 is 0 Å². The summed E-state index contributed by atoms with van der Waals surface area (Å²) in [4.78, 5) is 38.4. The predicted molar refractivity (Wildman–Crippen MR) is 113 cm³/mol. The molecule has 7 nitrogen and oxygen atoms in total. The van der Waals surface area contributed by atoms with Gasteiger partial charge in [-0.15, -0.1) is 0 Å². The maximum Gasteiger partial charge on any atom is 0.325 e. The maximum absolute atomic E-state index is 12.7. The van der Waals surface area contributed by atoms with E-state index in [1.54, 1.807) is 7.11 Å². The first-order chi connectivity index (χ1) is 14.5. The summed E-state index contributed by atoms with van der Waals surface area (Å²) in [5.41, 5.74) is 1.98. The minimum Gasteiger partial charge on any atom is -0.497 e. The molecule has 1 aliphatic heterocycles. The summed E-state index contributed by atoms with van der Waals surface area (Å²) in [7, 11) is 1.62. The third-order valence-electron chi connectivity index (χ3n) is 5.28. The number of nitrogens with zero attached hydrogens (tertiary/aromatic N) is 1. The molecule has 4 amide bonds. The van der Waals surface area contributed by atoms with Gasteiger partial charge in [0.2, 0.25) is 5.91 Å². The van der Waals surface area contributed by atoms with Crippen LogP contribution in [0.5, 0.6) is 5.75 Å². The van der Waals surface area contributed by atoms with E-state index in [1.807, 2.05) is 61.5 Å². The number of ether oxygens (including phenoxy) is 1. The van der Waals surface area contributed by atoms with E-state index in [0.29, 0.717) is 13.0 Å². The molecule has 2 unspecified atom stereocenters. The Morgan fingerprint density at radius 3 is 2.50 bits per heavy atom. The molecule has 0 bridgehead atoms. The lowest BCUT2D eigenvalue weighted by Gasteiger charge is -2.21. The second-order valence-corrected chi connectivity index (χ2v) is 7.28. The van der Waals surface area contributed by atoms with E-state index in [2.05, 4.69) is 10.6 Å². The summed E-state index contributed by atoms with van der Waals surface area (Å²) >= 11 is 0. The first-order valence-corrected chi connectivity index (χ1v) is 10.1. The van der Waals surface area contributed by atoms with E-state index in [9.17, 15) is 14.4 Å². The monoisotopic (exact) mass is 409 g/mol. The number of hydrogen-bond donors (Lipinski definition) is 2. The van der Waals surface area contributed by atoms with Crippen LogP contribution in [0.15, 0.2) is 54.6 Å². The first kappa shape index (κ1) is 21.4. The van der Waals surface area contributed by atoms with Crippen LogP contribution in [0.4, 0.5) is 4.79 Å². The van der Waals surface area contributed by atoms with Crippen LogP contribution in [0.3, 0.4) is 0 Å². The van der Waals surface area contributed by atoms with Gasteiger partial charge in [0.1, 0.15) is 11.8 Å². The number of carbonyl (C=O) groups excluding carboxylic acids is 3. The Balaban J connectivity index is 1.44. The predicted octanol–water partition coefficient (Wildman–Crippen LogP) is 2.82. The van der Waals surface area contributed by atoms with Crippen LogP contribution in [0.25, 0.3) is 0 Å². The average Bonchev–Trinajstić information content (AvgIpc) is 3.06. The van der Waals surface area contributed by atoms with Crippen LogP contribution >= 0.6 is 0 Å². The fourth-order valence-electron chi connectivity index (χ4n) is 3.49. The minimum atomic E-state index is -0.670. The summed E-state index contributed by atoms with van der Waals surface area (Å²) < 4.78 is 5.13. The molecule has 1 aliphatic rings. The number of hydrogen-bond acceptors (Lipinski definition) is 4. The number of nitrogens with one attached hydrogen (secondary N) is 2. The van der Waals surface area contributed by atoms with Gasteiger partial charge in [-0.1, -0.05) is 42.5 Å². The summed E-state index contributed by atoms with van der Waals surface area (Å²) in [6, 6.07) is 15.6. The Morgan fingerprint density at radius 1 is 1.13 bits per heavy atom. The highest BCUT2D eigenvalue weighted by Gasteiger charge is 2.40. The normalized spacial score (nSPS) is 16.9. The smallest absolute Gasteiger partial charge is 0.325 e. The van der Waals surface area contributed by atoms with Gasteiger partial charge in [-0.3, -0.25) is 14.5 Å². The number of amides is 4. The van der Waals surface area contributed by atoms with Crippen LogP contribution in [0, 0.1) is 0 Å². The molecule has 1 saturated heterocycles. The van der Waals surface area contributed by atoms with E-state index in [4.69, 9.17) is 4.74 Å². The minimum absolute atomic E-state index is 0.139. The average molecular weight is 409 g/mol. The van der Waals surface area contributed by atoms with Gasteiger partial charge in [-0.25, -0.2) is 4.79 Å². The Kier molecular flexibility index (Phi) is 7.06. The van der Waals surface area contributed by atoms with Crippen LogP contribution in [0.1, 0.15) is 36.9 Å². The summed E-state index contributed by atoms with van der Waals surface area (Å²) in [6.45, 7) is 2.33. The topological polar surface area (TPSA) is 87.7 Å². The molecule has 0 saturated carbocycles. The van der Waals surface area contributed by atoms with Crippen molar-refractivity contribution in [3.05, 3.63) is 65.7 Å². The van der Waals surface area contributed by atoms with Crippen molar-refractivity contribution < 1.29 is 19.1 Å². The highest BCUT2D eigenvalue weighted by Crippen LogP contribution is 2.25. The molecule has 2 aromatic carbocycles. The molecule has 1 fully saturated rings. The lowest BCUT2D eigenvalue weighted by molar-refractivity contribution is -0.129. The van der Waals surface area contributed by atoms with Gasteiger partial charge in [0.15, 0.2) is 0 Å². The Bertz CT molecular complexity index is 883. The molecular weight excluding hydrogens is 382 g/mol. The second-order valence-electron chi connectivity index (χ2n) is 7.28. The zero-order valence-corrected chi connectivity index (χ0v) is 17.3. The van der Waals surface area contributed by atoms with Crippen molar-refractivity contribution in [1.29, 1.82) is 0 Å². The molecule has 3 rings (SSSR count). The first-order valence-electron chi connectivity index (χ1n) is 10.1.